The van der Waals surface area contributed by atoms with E-state index in [1.807, 2.05) is 0 Å². The molecule has 1 aliphatic heterocycles. The summed E-state index contributed by atoms with van der Waals surface area (Å²) in [5.74, 6) is -1.35. The van der Waals surface area contributed by atoms with Gasteiger partial charge in [-0.15, -0.1) is 0 Å². The number of carboxylic acids is 1. The summed E-state index contributed by atoms with van der Waals surface area (Å²) >= 11 is 0. The molecule has 0 atom stereocenters. The number of urea groups is 1. The summed E-state index contributed by atoms with van der Waals surface area (Å²) in [7, 11) is 0. The van der Waals surface area contributed by atoms with Crippen molar-refractivity contribution in [3.05, 3.63) is 39.9 Å². The maximum absolute atomic E-state index is 11.7. The van der Waals surface area contributed by atoms with Gasteiger partial charge in [0, 0.05) is 31.8 Å². The van der Waals surface area contributed by atoms with Crippen LogP contribution in [0.5, 0.6) is 0 Å². The first-order chi connectivity index (χ1) is 9.97. The van der Waals surface area contributed by atoms with E-state index in [-0.39, 0.29) is 24.8 Å². The molecule has 1 heterocycles. The molecule has 0 aliphatic carbocycles. The second-order valence-corrected chi connectivity index (χ2v) is 4.85. The van der Waals surface area contributed by atoms with Gasteiger partial charge in [-0.3, -0.25) is 14.9 Å². The molecular formula is C13H15N3O5. The number of carbonyl (C=O) groups excluding carboxylic acids is 1. The van der Waals surface area contributed by atoms with Crippen LogP contribution >= 0.6 is 0 Å². The second-order valence-electron chi connectivity index (χ2n) is 4.85. The lowest BCUT2D eigenvalue weighted by Crippen LogP contribution is -2.56. The fourth-order valence-electron chi connectivity index (χ4n) is 2.01. The Kier molecular flexibility index (Phi) is 4.36. The number of carbonyl (C=O) groups is 2. The van der Waals surface area contributed by atoms with E-state index >= 15 is 0 Å². The Morgan fingerprint density at radius 2 is 1.95 bits per heavy atom. The minimum atomic E-state index is -0.884. The van der Waals surface area contributed by atoms with Crippen LogP contribution in [0.15, 0.2) is 24.3 Å². The van der Waals surface area contributed by atoms with Crippen molar-refractivity contribution in [1.29, 1.82) is 0 Å². The molecule has 1 aromatic rings. The van der Waals surface area contributed by atoms with Crippen LogP contribution in [0.1, 0.15) is 5.56 Å². The average Bonchev–Trinajstić information content (AvgIpc) is 2.37. The summed E-state index contributed by atoms with van der Waals surface area (Å²) < 4.78 is 0. The summed E-state index contributed by atoms with van der Waals surface area (Å²) in [4.78, 5) is 33.8. The van der Waals surface area contributed by atoms with Crippen molar-refractivity contribution in [2.45, 2.75) is 6.42 Å². The normalized spacial score (nSPS) is 14.4. The van der Waals surface area contributed by atoms with E-state index in [9.17, 15) is 19.7 Å². The lowest BCUT2D eigenvalue weighted by Gasteiger charge is -2.36. The van der Waals surface area contributed by atoms with E-state index in [1.165, 1.54) is 17.0 Å². The number of hydrogen-bond donors (Lipinski definition) is 2. The standard InChI is InChI=1S/C13H15N3O5/c17-12(18)10-7-15(8-10)13(19)14-6-5-9-1-3-11(4-2-9)16(20)21/h1-4,10H,5-8H2,(H,14,19)(H,17,18). The van der Waals surface area contributed by atoms with Gasteiger partial charge in [0.05, 0.1) is 10.8 Å². The van der Waals surface area contributed by atoms with Crippen molar-refractivity contribution >= 4 is 17.7 Å². The lowest BCUT2D eigenvalue weighted by molar-refractivity contribution is -0.384. The molecule has 0 bridgehead atoms. The number of benzene rings is 1. The van der Waals surface area contributed by atoms with E-state index in [0.717, 1.165) is 5.56 Å². The van der Waals surface area contributed by atoms with E-state index in [4.69, 9.17) is 5.11 Å². The van der Waals surface area contributed by atoms with Crippen LogP contribution < -0.4 is 5.32 Å². The van der Waals surface area contributed by atoms with Gasteiger partial charge in [-0.05, 0) is 12.0 Å². The van der Waals surface area contributed by atoms with Gasteiger partial charge >= 0.3 is 12.0 Å². The third kappa shape index (κ3) is 3.68. The van der Waals surface area contributed by atoms with E-state index in [0.29, 0.717) is 13.0 Å². The van der Waals surface area contributed by atoms with E-state index in [2.05, 4.69) is 5.32 Å². The van der Waals surface area contributed by atoms with Crippen LogP contribution in [-0.4, -0.2) is 46.6 Å². The second kappa shape index (κ2) is 6.21. The molecular weight excluding hydrogens is 278 g/mol. The van der Waals surface area contributed by atoms with Gasteiger partial charge in [0.1, 0.15) is 0 Å². The maximum Gasteiger partial charge on any atom is 0.317 e. The zero-order valence-corrected chi connectivity index (χ0v) is 11.2. The third-order valence-electron chi connectivity index (χ3n) is 3.36. The van der Waals surface area contributed by atoms with Gasteiger partial charge in [0.15, 0.2) is 0 Å². The smallest absolute Gasteiger partial charge is 0.317 e. The Morgan fingerprint density at radius 1 is 1.33 bits per heavy atom. The van der Waals surface area contributed by atoms with Crippen LogP contribution in [0.25, 0.3) is 0 Å². The molecule has 8 heteroatoms. The quantitative estimate of drug-likeness (QED) is 0.617. The van der Waals surface area contributed by atoms with Crippen molar-refractivity contribution in [1.82, 2.24) is 10.2 Å². The number of likely N-dealkylation sites (tertiary alicyclic amines) is 1. The highest BCUT2D eigenvalue weighted by Gasteiger charge is 2.35. The molecule has 2 rings (SSSR count). The zero-order chi connectivity index (χ0) is 15.4. The Morgan fingerprint density at radius 3 is 2.48 bits per heavy atom. The number of nitro groups is 1. The van der Waals surface area contributed by atoms with Crippen LogP contribution in [0.2, 0.25) is 0 Å². The minimum absolute atomic E-state index is 0.0306. The number of carboxylic acid groups (broad SMARTS) is 1. The number of nitro benzene ring substituents is 1. The molecule has 1 aliphatic rings. The Balaban J connectivity index is 1.71. The molecule has 21 heavy (non-hydrogen) atoms. The molecule has 0 unspecified atom stereocenters. The number of rotatable bonds is 5. The zero-order valence-electron chi connectivity index (χ0n) is 11.2. The molecule has 1 fully saturated rings. The summed E-state index contributed by atoms with van der Waals surface area (Å²) in [6.45, 7) is 0.863. The predicted molar refractivity (Wildman–Crippen MR) is 72.9 cm³/mol. The fourth-order valence-corrected chi connectivity index (χ4v) is 2.01. The molecule has 1 saturated heterocycles. The first kappa shape index (κ1) is 14.8. The number of amides is 2. The number of hydrogen-bond acceptors (Lipinski definition) is 4. The Hall–Kier alpha value is -2.64. The van der Waals surface area contributed by atoms with Gasteiger partial charge in [-0.25, -0.2) is 4.79 Å². The number of nitrogens with zero attached hydrogens (tertiary/aromatic N) is 2. The van der Waals surface area contributed by atoms with Crippen molar-refractivity contribution in [2.24, 2.45) is 5.92 Å². The highest BCUT2D eigenvalue weighted by Crippen LogP contribution is 2.15. The van der Waals surface area contributed by atoms with E-state index < -0.39 is 16.8 Å². The van der Waals surface area contributed by atoms with Gasteiger partial charge in [-0.1, -0.05) is 12.1 Å². The summed E-state index contributed by atoms with van der Waals surface area (Å²) in [5, 5.41) is 21.9. The predicted octanol–water partition coefficient (Wildman–Crippen LogP) is 0.863. The SMILES string of the molecule is O=C(O)C1CN(C(=O)NCCc2ccc([N+](=O)[O-])cc2)C1. The Bertz CT molecular complexity index is 551. The third-order valence-corrected chi connectivity index (χ3v) is 3.36. The van der Waals surface area contributed by atoms with Crippen molar-refractivity contribution < 1.29 is 19.6 Å². The monoisotopic (exact) mass is 293 g/mol. The highest BCUT2D eigenvalue weighted by molar-refractivity contribution is 5.79. The van der Waals surface area contributed by atoms with Crippen LogP contribution in [0, 0.1) is 16.0 Å². The number of non-ortho nitro benzene ring substituents is 1. The average molecular weight is 293 g/mol. The molecule has 8 nitrogen and oxygen atoms in total. The van der Waals surface area contributed by atoms with E-state index in [1.54, 1.807) is 12.1 Å². The molecule has 2 amide bonds. The summed E-state index contributed by atoms with van der Waals surface area (Å²) in [6.07, 6.45) is 0.555. The molecule has 1 aromatic carbocycles. The van der Waals surface area contributed by atoms with Gasteiger partial charge < -0.3 is 15.3 Å². The first-order valence-corrected chi connectivity index (χ1v) is 6.46. The number of aliphatic carboxylic acids is 1. The molecule has 2 N–H and O–H groups in total. The minimum Gasteiger partial charge on any atom is -0.481 e. The molecule has 0 saturated carbocycles. The Labute approximate surface area is 120 Å². The fraction of sp³-hybridized carbons (Fsp3) is 0.385. The van der Waals surface area contributed by atoms with Crippen LogP contribution in [0.4, 0.5) is 10.5 Å². The first-order valence-electron chi connectivity index (χ1n) is 6.46. The molecule has 0 spiro atoms. The topological polar surface area (TPSA) is 113 Å². The van der Waals surface area contributed by atoms with Crippen molar-refractivity contribution in [3.63, 3.8) is 0 Å². The lowest BCUT2D eigenvalue weighted by atomic mass is 10.0. The molecule has 112 valence electrons. The largest absolute Gasteiger partial charge is 0.481 e. The van der Waals surface area contributed by atoms with Crippen molar-refractivity contribution in [3.8, 4) is 0 Å². The van der Waals surface area contributed by atoms with Gasteiger partial charge in [0.2, 0.25) is 0 Å². The maximum atomic E-state index is 11.7. The van der Waals surface area contributed by atoms with Crippen LogP contribution in [0.3, 0.4) is 0 Å². The molecule has 0 aromatic heterocycles. The van der Waals surface area contributed by atoms with Gasteiger partial charge in [0.25, 0.3) is 5.69 Å². The van der Waals surface area contributed by atoms with Gasteiger partial charge in [-0.2, -0.15) is 0 Å². The van der Waals surface area contributed by atoms with Crippen LogP contribution in [-0.2, 0) is 11.2 Å². The molecule has 0 radical (unpaired) electrons. The summed E-state index contributed by atoms with van der Waals surface area (Å²) in [6, 6.07) is 5.85. The van der Waals surface area contributed by atoms with Crippen molar-refractivity contribution in [2.75, 3.05) is 19.6 Å². The number of nitrogens with one attached hydrogen (secondary N) is 1. The highest BCUT2D eigenvalue weighted by atomic mass is 16.6. The summed E-state index contributed by atoms with van der Waals surface area (Å²) in [5.41, 5.74) is 0.913.